The quantitative estimate of drug-likeness (QED) is 0.254. The Labute approximate surface area is 228 Å². The molecule has 1 aliphatic heterocycles. The summed E-state index contributed by atoms with van der Waals surface area (Å²) in [6.07, 6.45) is -0.441. The van der Waals surface area contributed by atoms with Gasteiger partial charge in [-0.1, -0.05) is 30.7 Å². The number of halogens is 4. The summed E-state index contributed by atoms with van der Waals surface area (Å²) in [5, 5.41) is 7.77. The van der Waals surface area contributed by atoms with Crippen molar-refractivity contribution in [1.29, 1.82) is 0 Å². The van der Waals surface area contributed by atoms with Crippen molar-refractivity contribution in [3.05, 3.63) is 65.1 Å². The number of H-pyrrole nitrogens is 1. The summed E-state index contributed by atoms with van der Waals surface area (Å²) in [6, 6.07) is 11.1. The van der Waals surface area contributed by atoms with Crippen LogP contribution in [0.3, 0.4) is 0 Å². The number of benzene rings is 2. The number of ether oxygens (including phenoxy) is 2. The lowest BCUT2D eigenvalue weighted by Gasteiger charge is -2.24. The van der Waals surface area contributed by atoms with Crippen molar-refractivity contribution in [2.24, 2.45) is 5.92 Å². The minimum Gasteiger partial charge on any atom is -0.497 e. The fraction of sp³-hybridized carbons (Fsp3) is 0.357. The molecule has 0 fully saturated rings. The number of hydrogen-bond donors (Lipinski definition) is 1. The maximum Gasteiger partial charge on any atom is 0.401 e. The van der Waals surface area contributed by atoms with Crippen LogP contribution in [-0.4, -0.2) is 65.0 Å². The summed E-state index contributed by atoms with van der Waals surface area (Å²) in [4.78, 5) is 15.2. The molecule has 2 aromatic heterocycles. The Morgan fingerprint density at radius 1 is 1.28 bits per heavy atom. The Bertz CT molecular complexity index is 1500. The highest BCUT2D eigenvalue weighted by molar-refractivity contribution is 6.32. The predicted molar refractivity (Wildman–Crippen MR) is 143 cm³/mol. The molecule has 206 valence electrons. The van der Waals surface area contributed by atoms with Gasteiger partial charge >= 0.3 is 6.18 Å². The van der Waals surface area contributed by atoms with Gasteiger partial charge in [-0.05, 0) is 48.4 Å². The average Bonchev–Trinajstić information content (AvgIpc) is 3.52. The van der Waals surface area contributed by atoms with E-state index in [-0.39, 0.29) is 32.0 Å². The van der Waals surface area contributed by atoms with Crippen molar-refractivity contribution >= 4 is 28.3 Å². The number of alkyl halides is 3. The Morgan fingerprint density at radius 3 is 2.79 bits per heavy atom. The van der Waals surface area contributed by atoms with E-state index in [1.54, 1.807) is 26.4 Å². The number of carbonyl (C=O) groups is 1. The molecule has 2 aromatic carbocycles. The molecule has 1 atom stereocenters. The van der Waals surface area contributed by atoms with Crippen LogP contribution in [0.25, 0.3) is 22.0 Å². The number of ketones is 1. The summed E-state index contributed by atoms with van der Waals surface area (Å²) >= 11 is 6.25. The van der Waals surface area contributed by atoms with Crippen molar-refractivity contribution in [2.75, 3.05) is 33.4 Å². The van der Waals surface area contributed by atoms with Crippen molar-refractivity contribution in [1.82, 2.24) is 19.7 Å². The number of Topliss-reactive ketones (excluding diaryl/α,β-unsaturated/α-hetero) is 1. The van der Waals surface area contributed by atoms with Crippen LogP contribution in [-0.2, 0) is 13.0 Å². The molecule has 7 nitrogen and oxygen atoms in total. The van der Waals surface area contributed by atoms with E-state index < -0.39 is 18.6 Å². The first-order valence-corrected chi connectivity index (χ1v) is 13.0. The van der Waals surface area contributed by atoms with Crippen LogP contribution in [0.1, 0.15) is 22.8 Å². The summed E-state index contributed by atoms with van der Waals surface area (Å²) in [5.41, 5.74) is 3.61. The Hall–Kier alpha value is -3.50. The van der Waals surface area contributed by atoms with Gasteiger partial charge in [0, 0.05) is 41.3 Å². The number of hydrogen-bond acceptors (Lipinski definition) is 5. The summed E-state index contributed by atoms with van der Waals surface area (Å²) in [5.74, 6) is 0.924. The molecule has 0 saturated carbocycles. The topological polar surface area (TPSA) is 72.4 Å². The van der Waals surface area contributed by atoms with E-state index in [1.807, 2.05) is 41.0 Å². The molecule has 1 aliphatic rings. The van der Waals surface area contributed by atoms with Crippen molar-refractivity contribution in [3.63, 3.8) is 0 Å². The maximum atomic E-state index is 13.8. The third-order valence-electron chi connectivity index (χ3n) is 7.10. The molecule has 0 unspecified atom stereocenters. The van der Waals surface area contributed by atoms with Gasteiger partial charge < -0.3 is 14.0 Å². The van der Waals surface area contributed by atoms with Crippen molar-refractivity contribution in [2.45, 2.75) is 26.1 Å². The summed E-state index contributed by atoms with van der Waals surface area (Å²) in [7, 11) is 1.59. The third kappa shape index (κ3) is 5.77. The van der Waals surface area contributed by atoms with Crippen LogP contribution in [0.2, 0.25) is 5.15 Å². The van der Waals surface area contributed by atoms with Gasteiger partial charge in [0.05, 0.1) is 32.4 Å². The molecule has 1 N–H and O–H groups in total. The number of carbonyl (C=O) groups excluding carboxylic acids is 1. The molecule has 0 radical (unpaired) electrons. The highest BCUT2D eigenvalue weighted by Crippen LogP contribution is 2.35. The highest BCUT2D eigenvalue weighted by Gasteiger charge is 2.31. The van der Waals surface area contributed by atoms with E-state index >= 15 is 0 Å². The number of fused-ring (bicyclic) bond motifs is 2. The monoisotopic (exact) mass is 560 g/mol. The number of nitrogens with one attached hydrogen (secondary N) is 1. The normalized spacial score (nSPS) is 15.4. The zero-order valence-electron chi connectivity index (χ0n) is 21.5. The molecular weight excluding hydrogens is 533 g/mol. The Balaban J connectivity index is 1.49. The zero-order valence-corrected chi connectivity index (χ0v) is 22.3. The molecule has 11 heteroatoms. The van der Waals surface area contributed by atoms with Crippen LogP contribution in [0, 0.1) is 5.92 Å². The molecule has 0 bridgehead atoms. The van der Waals surface area contributed by atoms with Gasteiger partial charge in [-0.25, -0.2) is 0 Å². The summed E-state index contributed by atoms with van der Waals surface area (Å²) in [6.45, 7) is 1.64. The lowest BCUT2D eigenvalue weighted by molar-refractivity contribution is -0.145. The fourth-order valence-electron chi connectivity index (χ4n) is 5.05. The van der Waals surface area contributed by atoms with Crippen molar-refractivity contribution in [3.8, 4) is 22.6 Å². The van der Waals surface area contributed by atoms with E-state index in [1.165, 1.54) is 4.90 Å². The SMILES string of the molecule is CCN(CCn1cc(C(=O)[C@@H]2COc3ccc(OC)cc3C2)c2ccc(-c3cn[nH]c3Cl)cc21)CC(F)(F)F. The first-order valence-electron chi connectivity index (χ1n) is 12.6. The Morgan fingerprint density at radius 2 is 2.10 bits per heavy atom. The van der Waals surface area contributed by atoms with Crippen LogP contribution >= 0.6 is 11.6 Å². The predicted octanol–water partition coefficient (Wildman–Crippen LogP) is 6.01. The lowest BCUT2D eigenvalue weighted by atomic mass is 9.89. The van der Waals surface area contributed by atoms with Gasteiger partial charge in [0.2, 0.25) is 0 Å². The first-order chi connectivity index (χ1) is 18.7. The second kappa shape index (κ2) is 10.9. The minimum absolute atomic E-state index is 0.0797. The fourth-order valence-corrected chi connectivity index (χ4v) is 5.26. The smallest absolute Gasteiger partial charge is 0.401 e. The molecule has 3 heterocycles. The van der Waals surface area contributed by atoms with Crippen LogP contribution in [0.15, 0.2) is 48.8 Å². The van der Waals surface area contributed by atoms with Gasteiger partial charge in [0.1, 0.15) is 16.7 Å². The van der Waals surface area contributed by atoms with E-state index in [2.05, 4.69) is 10.2 Å². The largest absolute Gasteiger partial charge is 0.497 e. The number of rotatable bonds is 9. The first kappa shape index (κ1) is 27.1. The lowest BCUT2D eigenvalue weighted by Crippen LogP contribution is -2.36. The number of likely N-dealkylation sites (N-methyl/N-ethyl adjacent to an activating group) is 1. The van der Waals surface area contributed by atoms with Crippen LogP contribution < -0.4 is 9.47 Å². The highest BCUT2D eigenvalue weighted by atomic mass is 35.5. The molecule has 0 amide bonds. The van der Waals surface area contributed by atoms with E-state index in [0.29, 0.717) is 28.5 Å². The molecule has 4 aromatic rings. The molecule has 5 rings (SSSR count). The van der Waals surface area contributed by atoms with Gasteiger partial charge in [0.25, 0.3) is 0 Å². The minimum atomic E-state index is -4.29. The maximum absolute atomic E-state index is 13.8. The second-order valence-electron chi connectivity index (χ2n) is 9.60. The second-order valence-corrected chi connectivity index (χ2v) is 9.98. The van der Waals surface area contributed by atoms with Crippen LogP contribution in [0.4, 0.5) is 13.2 Å². The molecule has 0 saturated heterocycles. The van der Waals surface area contributed by atoms with Crippen LogP contribution in [0.5, 0.6) is 11.5 Å². The van der Waals surface area contributed by atoms with Gasteiger partial charge in [0.15, 0.2) is 5.78 Å². The number of aromatic amines is 1. The number of nitrogens with zero attached hydrogens (tertiary/aromatic N) is 3. The average molecular weight is 561 g/mol. The van der Waals surface area contributed by atoms with Gasteiger partial charge in [-0.2, -0.15) is 18.3 Å². The molecule has 0 aliphatic carbocycles. The third-order valence-corrected chi connectivity index (χ3v) is 7.39. The molecular formula is C28H28ClF3N4O3. The standard InChI is InChI=1S/C28H28ClF3N4O3/c1-3-35(16-28(30,31)32)8-9-36-14-23(21-6-4-17(12-24(21)36)22-13-33-34-27(22)29)26(37)19-10-18-11-20(38-2)5-7-25(18)39-15-19/h4-7,11-14,19H,3,8-10,15-16H2,1-2H3,(H,33,34)/t19-/m0/s1. The summed E-state index contributed by atoms with van der Waals surface area (Å²) < 4.78 is 52.2. The van der Waals surface area contributed by atoms with E-state index in [4.69, 9.17) is 21.1 Å². The van der Waals surface area contributed by atoms with Crippen molar-refractivity contribution < 1.29 is 27.4 Å². The molecule has 0 spiro atoms. The van der Waals surface area contributed by atoms with Gasteiger partial charge in [-0.15, -0.1) is 0 Å². The Kier molecular flexibility index (Phi) is 7.59. The molecule has 39 heavy (non-hydrogen) atoms. The number of methoxy groups -OCH3 is 1. The number of aromatic nitrogens is 3. The van der Waals surface area contributed by atoms with E-state index in [0.717, 1.165) is 27.8 Å². The van der Waals surface area contributed by atoms with Gasteiger partial charge in [-0.3, -0.25) is 14.8 Å². The zero-order chi connectivity index (χ0) is 27.7. The van der Waals surface area contributed by atoms with E-state index in [9.17, 15) is 18.0 Å².